The fourth-order valence-corrected chi connectivity index (χ4v) is 5.95. The number of nitrogens with zero attached hydrogens (tertiary/aromatic N) is 2. The second kappa shape index (κ2) is 9.37. The number of carbonyl (C=O) groups is 1. The molecule has 0 amide bonds. The standard InChI is InChI=1S/C26H19BrN2O3S2/c1-3-10-29-25(31)23-19(16-6-4-15(2)5-7-16)13-33-24(23)28-26(29)34-14-20(30)22-12-17-11-18(27)8-9-21(17)32-22/h3-9,11-13H,1,10,14H2,2H3. The van der Waals surface area contributed by atoms with Gasteiger partial charge in [0.1, 0.15) is 10.4 Å². The third kappa shape index (κ3) is 4.29. The molecule has 2 aromatic carbocycles. The van der Waals surface area contributed by atoms with Crippen LogP contribution in [0.2, 0.25) is 0 Å². The van der Waals surface area contributed by atoms with Crippen molar-refractivity contribution in [3.05, 3.63) is 92.7 Å². The number of allylic oxidation sites excluding steroid dienone is 1. The van der Waals surface area contributed by atoms with Crippen molar-refractivity contribution in [2.24, 2.45) is 0 Å². The number of Topliss-reactive ketones (excluding diaryl/α,β-unsaturated/α-hetero) is 1. The first-order valence-electron chi connectivity index (χ1n) is 10.5. The topological polar surface area (TPSA) is 65.1 Å². The Morgan fingerprint density at radius 2 is 2.03 bits per heavy atom. The Morgan fingerprint density at radius 3 is 2.79 bits per heavy atom. The molecule has 0 saturated heterocycles. The minimum atomic E-state index is -0.164. The number of thiophene rings is 1. The molecule has 0 unspecified atom stereocenters. The molecule has 5 rings (SSSR count). The minimum Gasteiger partial charge on any atom is -0.453 e. The molecule has 3 heterocycles. The fourth-order valence-electron chi connectivity index (χ4n) is 3.70. The van der Waals surface area contributed by atoms with Gasteiger partial charge in [0, 0.05) is 27.3 Å². The highest BCUT2D eigenvalue weighted by molar-refractivity contribution is 9.10. The molecule has 0 fully saturated rings. The third-order valence-corrected chi connectivity index (χ3v) is 7.76. The molecule has 0 N–H and O–H groups in total. The molecule has 0 aliphatic rings. The van der Waals surface area contributed by atoms with Gasteiger partial charge >= 0.3 is 0 Å². The van der Waals surface area contributed by atoms with Crippen LogP contribution in [-0.2, 0) is 6.54 Å². The lowest BCUT2D eigenvalue weighted by Gasteiger charge is -2.10. The Labute approximate surface area is 212 Å². The van der Waals surface area contributed by atoms with E-state index in [1.807, 2.05) is 54.8 Å². The monoisotopic (exact) mass is 550 g/mol. The first-order valence-corrected chi connectivity index (χ1v) is 13.2. The van der Waals surface area contributed by atoms with Crippen LogP contribution < -0.4 is 5.56 Å². The number of fused-ring (bicyclic) bond motifs is 2. The number of thioether (sulfide) groups is 1. The average Bonchev–Trinajstić information content (AvgIpc) is 3.44. The highest BCUT2D eigenvalue weighted by Gasteiger charge is 2.19. The lowest BCUT2D eigenvalue weighted by Crippen LogP contribution is -2.23. The van der Waals surface area contributed by atoms with Crippen molar-refractivity contribution in [1.82, 2.24) is 9.55 Å². The van der Waals surface area contributed by atoms with Gasteiger partial charge in [0.05, 0.1) is 11.1 Å². The molecular weight excluding hydrogens is 532 g/mol. The summed E-state index contributed by atoms with van der Waals surface area (Å²) in [5, 5.41) is 3.90. The molecule has 34 heavy (non-hydrogen) atoms. The first kappa shape index (κ1) is 22.8. The highest BCUT2D eigenvalue weighted by atomic mass is 79.9. The predicted molar refractivity (Wildman–Crippen MR) is 143 cm³/mol. The van der Waals surface area contributed by atoms with Crippen LogP contribution in [-0.4, -0.2) is 21.1 Å². The molecule has 0 spiro atoms. The molecule has 0 aliphatic carbocycles. The van der Waals surface area contributed by atoms with Gasteiger partial charge in [-0.15, -0.1) is 17.9 Å². The summed E-state index contributed by atoms with van der Waals surface area (Å²) < 4.78 is 8.21. The highest BCUT2D eigenvalue weighted by Crippen LogP contribution is 2.33. The van der Waals surface area contributed by atoms with Crippen molar-refractivity contribution in [3.8, 4) is 11.1 Å². The number of furan rings is 1. The van der Waals surface area contributed by atoms with Crippen molar-refractivity contribution < 1.29 is 9.21 Å². The van der Waals surface area contributed by atoms with Crippen molar-refractivity contribution in [1.29, 1.82) is 0 Å². The van der Waals surface area contributed by atoms with E-state index in [0.717, 1.165) is 26.5 Å². The molecule has 170 valence electrons. The molecule has 0 radical (unpaired) electrons. The number of aromatic nitrogens is 2. The molecule has 0 bridgehead atoms. The Kier molecular flexibility index (Phi) is 6.29. The lowest BCUT2D eigenvalue weighted by atomic mass is 10.1. The summed E-state index contributed by atoms with van der Waals surface area (Å²) in [5.74, 6) is 0.229. The van der Waals surface area contributed by atoms with Crippen molar-refractivity contribution >= 4 is 66.0 Å². The summed E-state index contributed by atoms with van der Waals surface area (Å²) in [7, 11) is 0. The first-order chi connectivity index (χ1) is 16.4. The van der Waals surface area contributed by atoms with E-state index >= 15 is 0 Å². The van der Waals surface area contributed by atoms with E-state index in [9.17, 15) is 9.59 Å². The number of hydrogen-bond acceptors (Lipinski definition) is 6. The number of carbonyl (C=O) groups excluding carboxylic acids is 1. The molecule has 0 saturated carbocycles. The number of benzene rings is 2. The van der Waals surface area contributed by atoms with Crippen LogP contribution in [0.15, 0.2) is 85.4 Å². The zero-order valence-corrected chi connectivity index (χ0v) is 21.4. The smallest absolute Gasteiger partial charge is 0.263 e. The van der Waals surface area contributed by atoms with E-state index in [0.29, 0.717) is 27.5 Å². The molecule has 0 atom stereocenters. The van der Waals surface area contributed by atoms with Crippen LogP contribution >= 0.6 is 39.0 Å². The van der Waals surface area contributed by atoms with E-state index in [1.165, 1.54) is 23.1 Å². The molecule has 0 aliphatic heterocycles. The van der Waals surface area contributed by atoms with E-state index in [1.54, 1.807) is 16.7 Å². The maximum absolute atomic E-state index is 13.5. The van der Waals surface area contributed by atoms with Gasteiger partial charge in [-0.05, 0) is 36.8 Å². The largest absolute Gasteiger partial charge is 0.453 e. The Hall–Kier alpha value is -2.94. The van der Waals surface area contributed by atoms with Gasteiger partial charge < -0.3 is 4.42 Å². The number of ketones is 1. The molecule has 5 nitrogen and oxygen atoms in total. The van der Waals surface area contributed by atoms with Gasteiger partial charge in [-0.3, -0.25) is 14.2 Å². The summed E-state index contributed by atoms with van der Waals surface area (Å²) in [6.07, 6.45) is 1.66. The summed E-state index contributed by atoms with van der Waals surface area (Å²) in [5.41, 5.74) is 3.53. The van der Waals surface area contributed by atoms with Crippen molar-refractivity contribution in [2.45, 2.75) is 18.6 Å². The summed E-state index contributed by atoms with van der Waals surface area (Å²) in [4.78, 5) is 31.7. The summed E-state index contributed by atoms with van der Waals surface area (Å²) >= 11 is 6.09. The van der Waals surface area contributed by atoms with Gasteiger partial charge in [-0.1, -0.05) is 63.6 Å². The molecule has 5 aromatic rings. The van der Waals surface area contributed by atoms with E-state index in [2.05, 4.69) is 22.5 Å². The van der Waals surface area contributed by atoms with Crippen LogP contribution in [0.5, 0.6) is 0 Å². The Morgan fingerprint density at radius 1 is 1.24 bits per heavy atom. The van der Waals surface area contributed by atoms with Gasteiger partial charge in [0.2, 0.25) is 5.78 Å². The van der Waals surface area contributed by atoms with E-state index in [-0.39, 0.29) is 22.9 Å². The number of halogens is 1. The number of hydrogen-bond donors (Lipinski definition) is 0. The maximum atomic E-state index is 13.5. The Balaban J connectivity index is 1.48. The zero-order valence-electron chi connectivity index (χ0n) is 18.2. The average molecular weight is 551 g/mol. The zero-order chi connectivity index (χ0) is 23.8. The van der Waals surface area contributed by atoms with Crippen molar-refractivity contribution in [2.75, 3.05) is 5.75 Å². The number of rotatable bonds is 7. The van der Waals surface area contributed by atoms with Crippen LogP contribution in [0.4, 0.5) is 0 Å². The van der Waals surface area contributed by atoms with Crippen LogP contribution in [0.25, 0.3) is 32.3 Å². The van der Waals surface area contributed by atoms with Crippen LogP contribution in [0, 0.1) is 6.92 Å². The van der Waals surface area contributed by atoms with Crippen LogP contribution in [0.3, 0.4) is 0 Å². The normalized spacial score (nSPS) is 11.4. The minimum absolute atomic E-state index is 0.103. The van der Waals surface area contributed by atoms with Gasteiger partial charge in [-0.2, -0.15) is 0 Å². The van der Waals surface area contributed by atoms with E-state index in [4.69, 9.17) is 9.40 Å². The molecule has 8 heteroatoms. The summed E-state index contributed by atoms with van der Waals surface area (Å²) in [6.45, 7) is 6.13. The van der Waals surface area contributed by atoms with Gasteiger partial charge in [0.15, 0.2) is 10.9 Å². The van der Waals surface area contributed by atoms with Gasteiger partial charge in [-0.25, -0.2) is 4.98 Å². The Bertz CT molecular complexity index is 1610. The lowest BCUT2D eigenvalue weighted by molar-refractivity contribution is 0.0994. The van der Waals surface area contributed by atoms with Crippen molar-refractivity contribution in [3.63, 3.8) is 0 Å². The summed E-state index contributed by atoms with van der Waals surface area (Å²) in [6, 6.07) is 15.4. The second-order valence-corrected chi connectivity index (χ2v) is 10.5. The SMILES string of the molecule is C=CCn1c(SCC(=O)c2cc3cc(Br)ccc3o2)nc2scc(-c3ccc(C)cc3)c2c1=O. The molecule has 3 aromatic heterocycles. The fraction of sp³-hybridized carbons (Fsp3) is 0.115. The van der Waals surface area contributed by atoms with Gasteiger partial charge in [0.25, 0.3) is 5.56 Å². The number of aryl methyl sites for hydroxylation is 1. The molecular formula is C26H19BrN2O3S2. The third-order valence-electron chi connectivity index (χ3n) is 5.42. The maximum Gasteiger partial charge on any atom is 0.263 e. The predicted octanol–water partition coefficient (Wildman–Crippen LogP) is 7.10. The van der Waals surface area contributed by atoms with Crippen LogP contribution in [0.1, 0.15) is 16.1 Å². The second-order valence-electron chi connectivity index (χ2n) is 7.80. The van der Waals surface area contributed by atoms with E-state index < -0.39 is 0 Å². The quantitative estimate of drug-likeness (QED) is 0.0934.